The number of hydrogen-bond donors (Lipinski definition) is 1. The molecule has 1 amide bonds. The van der Waals surface area contributed by atoms with E-state index in [4.69, 9.17) is 14.2 Å². The van der Waals surface area contributed by atoms with Gasteiger partial charge in [0, 0.05) is 24.0 Å². The molecule has 1 aliphatic rings. The summed E-state index contributed by atoms with van der Waals surface area (Å²) in [5, 5.41) is 2.76. The predicted octanol–water partition coefficient (Wildman–Crippen LogP) is 3.46. The number of amides is 1. The second-order valence-corrected chi connectivity index (χ2v) is 5.58. The van der Waals surface area contributed by atoms with Crippen molar-refractivity contribution < 1.29 is 27.8 Å². The van der Waals surface area contributed by atoms with Crippen molar-refractivity contribution in [2.45, 2.75) is 12.3 Å². The van der Waals surface area contributed by atoms with E-state index in [1.165, 1.54) is 27.4 Å². The maximum absolute atomic E-state index is 13.7. The first kappa shape index (κ1) is 17.0. The summed E-state index contributed by atoms with van der Waals surface area (Å²) in [5.74, 6) is -1.51. The molecule has 1 unspecified atom stereocenters. The van der Waals surface area contributed by atoms with Crippen LogP contribution in [0.3, 0.4) is 0 Å². The van der Waals surface area contributed by atoms with E-state index in [-0.39, 0.29) is 12.3 Å². The molecule has 0 bridgehead atoms. The minimum Gasteiger partial charge on any atom is -0.493 e. The highest BCUT2D eigenvalue weighted by Crippen LogP contribution is 2.51. The second kappa shape index (κ2) is 6.58. The van der Waals surface area contributed by atoms with Crippen molar-refractivity contribution in [1.82, 2.24) is 0 Å². The molecule has 1 aliphatic heterocycles. The Bertz CT molecular complexity index is 838. The maximum Gasteiger partial charge on any atom is 0.225 e. The maximum atomic E-state index is 13.7. The van der Waals surface area contributed by atoms with Crippen LogP contribution < -0.4 is 19.5 Å². The standard InChI is InChI=1S/C18H17F2NO4/c1-23-14-8-13-16(18(25-3)17(14)24-2)10(7-15(22)21-13)9-4-5-11(19)12(20)6-9/h4-6,8,10H,7H2,1-3H3,(H,21,22). The Kier molecular flexibility index (Phi) is 4.48. The second-order valence-electron chi connectivity index (χ2n) is 5.58. The number of carbonyl (C=O) groups excluding carboxylic acids is 1. The van der Waals surface area contributed by atoms with Crippen LogP contribution >= 0.6 is 0 Å². The summed E-state index contributed by atoms with van der Waals surface area (Å²) in [7, 11) is 4.41. The first-order valence-electron chi connectivity index (χ1n) is 7.57. The quantitative estimate of drug-likeness (QED) is 0.918. The highest BCUT2D eigenvalue weighted by atomic mass is 19.2. The number of ether oxygens (including phenoxy) is 3. The lowest BCUT2D eigenvalue weighted by Crippen LogP contribution is -2.24. The molecule has 1 atom stereocenters. The lowest BCUT2D eigenvalue weighted by molar-refractivity contribution is -0.116. The van der Waals surface area contributed by atoms with E-state index in [9.17, 15) is 13.6 Å². The van der Waals surface area contributed by atoms with Crippen LogP contribution in [0.15, 0.2) is 24.3 Å². The summed E-state index contributed by atoms with van der Waals surface area (Å²) in [4.78, 5) is 12.1. The SMILES string of the molecule is COc1cc2c(c(OC)c1OC)C(c1ccc(F)c(F)c1)CC(=O)N2. The average Bonchev–Trinajstić information content (AvgIpc) is 2.61. The lowest BCUT2D eigenvalue weighted by Gasteiger charge is -2.29. The predicted molar refractivity (Wildman–Crippen MR) is 87.5 cm³/mol. The van der Waals surface area contributed by atoms with Gasteiger partial charge < -0.3 is 19.5 Å². The van der Waals surface area contributed by atoms with E-state index < -0.39 is 17.6 Å². The molecule has 25 heavy (non-hydrogen) atoms. The van der Waals surface area contributed by atoms with Gasteiger partial charge in [-0.25, -0.2) is 8.78 Å². The largest absolute Gasteiger partial charge is 0.493 e. The molecule has 0 spiro atoms. The molecule has 0 aliphatic carbocycles. The van der Waals surface area contributed by atoms with Crippen LogP contribution in [-0.4, -0.2) is 27.2 Å². The molecule has 2 aromatic rings. The minimum absolute atomic E-state index is 0.0733. The van der Waals surface area contributed by atoms with Crippen molar-refractivity contribution in [2.75, 3.05) is 26.6 Å². The normalized spacial score (nSPS) is 16.0. The van der Waals surface area contributed by atoms with Gasteiger partial charge in [-0.15, -0.1) is 0 Å². The van der Waals surface area contributed by atoms with Crippen LogP contribution in [0.1, 0.15) is 23.5 Å². The minimum atomic E-state index is -0.968. The number of rotatable bonds is 4. The van der Waals surface area contributed by atoms with Gasteiger partial charge in [-0.05, 0) is 17.7 Å². The Balaban J connectivity index is 2.25. The van der Waals surface area contributed by atoms with Gasteiger partial charge in [0.05, 0.1) is 27.0 Å². The number of methoxy groups -OCH3 is 3. The van der Waals surface area contributed by atoms with Crippen LogP contribution in [0.5, 0.6) is 17.2 Å². The third-order valence-electron chi connectivity index (χ3n) is 4.23. The average molecular weight is 349 g/mol. The van der Waals surface area contributed by atoms with Crippen LogP contribution in [0.25, 0.3) is 0 Å². The van der Waals surface area contributed by atoms with Crippen molar-refractivity contribution >= 4 is 11.6 Å². The molecule has 0 radical (unpaired) electrons. The molecule has 0 saturated carbocycles. The summed E-state index contributed by atoms with van der Waals surface area (Å²) in [6, 6.07) is 5.23. The van der Waals surface area contributed by atoms with Gasteiger partial charge in [0.25, 0.3) is 0 Å². The summed E-state index contributed by atoms with van der Waals surface area (Å²) < 4.78 is 43.2. The first-order chi connectivity index (χ1) is 12.0. The van der Waals surface area contributed by atoms with Gasteiger partial charge in [-0.3, -0.25) is 4.79 Å². The summed E-state index contributed by atoms with van der Waals surface area (Å²) in [6.07, 6.45) is 0.0733. The summed E-state index contributed by atoms with van der Waals surface area (Å²) in [5.41, 5.74) is 1.59. The molecule has 5 nitrogen and oxygen atoms in total. The van der Waals surface area contributed by atoms with Gasteiger partial charge in [0.2, 0.25) is 11.7 Å². The van der Waals surface area contributed by atoms with Crippen molar-refractivity contribution in [2.24, 2.45) is 0 Å². The van der Waals surface area contributed by atoms with Crippen molar-refractivity contribution in [3.05, 3.63) is 47.0 Å². The van der Waals surface area contributed by atoms with Crippen LogP contribution in [0, 0.1) is 11.6 Å². The van der Waals surface area contributed by atoms with Crippen molar-refractivity contribution in [1.29, 1.82) is 0 Å². The molecule has 1 heterocycles. The number of anilines is 1. The van der Waals surface area contributed by atoms with Gasteiger partial charge in [-0.2, -0.15) is 0 Å². The van der Waals surface area contributed by atoms with Crippen molar-refractivity contribution in [3.63, 3.8) is 0 Å². The zero-order valence-electron chi connectivity index (χ0n) is 14.0. The van der Waals surface area contributed by atoms with Crippen molar-refractivity contribution in [3.8, 4) is 17.2 Å². The molecule has 132 valence electrons. The highest BCUT2D eigenvalue weighted by molar-refractivity contribution is 5.97. The molecule has 0 fully saturated rings. The molecular weight excluding hydrogens is 332 g/mol. The number of halogens is 2. The zero-order valence-corrected chi connectivity index (χ0v) is 14.0. The molecule has 0 aromatic heterocycles. The first-order valence-corrected chi connectivity index (χ1v) is 7.57. The smallest absolute Gasteiger partial charge is 0.225 e. The third kappa shape index (κ3) is 2.86. The highest BCUT2D eigenvalue weighted by Gasteiger charge is 2.33. The molecule has 2 aromatic carbocycles. The Morgan fingerprint density at radius 2 is 1.72 bits per heavy atom. The number of carbonyl (C=O) groups is 1. The zero-order chi connectivity index (χ0) is 18.1. The van der Waals surface area contributed by atoms with E-state index in [1.54, 1.807) is 6.07 Å². The van der Waals surface area contributed by atoms with Gasteiger partial charge >= 0.3 is 0 Å². The number of nitrogens with one attached hydrogen (secondary N) is 1. The Hall–Kier alpha value is -2.83. The van der Waals surface area contributed by atoms with Gasteiger partial charge in [-0.1, -0.05) is 6.07 Å². The monoisotopic (exact) mass is 349 g/mol. The molecule has 3 rings (SSSR count). The van der Waals surface area contributed by atoms with E-state index in [1.807, 2.05) is 0 Å². The third-order valence-corrected chi connectivity index (χ3v) is 4.23. The summed E-state index contributed by atoms with van der Waals surface area (Å²) in [6.45, 7) is 0. The molecular formula is C18H17F2NO4. The lowest BCUT2D eigenvalue weighted by atomic mass is 9.83. The van der Waals surface area contributed by atoms with Crippen LogP contribution in [-0.2, 0) is 4.79 Å². The number of fused-ring (bicyclic) bond motifs is 1. The van der Waals surface area contributed by atoms with Gasteiger partial charge in [0.1, 0.15) is 0 Å². The number of hydrogen-bond acceptors (Lipinski definition) is 4. The Morgan fingerprint density at radius 1 is 1.00 bits per heavy atom. The van der Waals surface area contributed by atoms with Crippen LogP contribution in [0.4, 0.5) is 14.5 Å². The topological polar surface area (TPSA) is 56.8 Å². The molecule has 0 saturated heterocycles. The molecule has 1 N–H and O–H groups in total. The fourth-order valence-corrected chi connectivity index (χ4v) is 3.13. The number of benzene rings is 2. The fourth-order valence-electron chi connectivity index (χ4n) is 3.13. The molecule has 7 heteroatoms. The van der Waals surface area contributed by atoms with Crippen LogP contribution in [0.2, 0.25) is 0 Å². The van der Waals surface area contributed by atoms with E-state index in [0.717, 1.165) is 12.1 Å². The van der Waals surface area contributed by atoms with E-state index >= 15 is 0 Å². The fraction of sp³-hybridized carbons (Fsp3) is 0.278. The Labute approximate surface area is 143 Å². The van der Waals surface area contributed by atoms with Gasteiger partial charge in [0.15, 0.2) is 23.1 Å². The Morgan fingerprint density at radius 3 is 2.32 bits per heavy atom. The van der Waals surface area contributed by atoms with E-state index in [0.29, 0.717) is 34.1 Å². The summed E-state index contributed by atoms with van der Waals surface area (Å²) >= 11 is 0. The van der Waals surface area contributed by atoms with E-state index in [2.05, 4.69) is 5.32 Å².